The molecule has 1 atom stereocenters. The highest BCUT2D eigenvalue weighted by Crippen LogP contribution is 2.32. The lowest BCUT2D eigenvalue weighted by molar-refractivity contribution is 0.191. The first-order valence-electron chi connectivity index (χ1n) is 7.94. The summed E-state index contributed by atoms with van der Waals surface area (Å²) in [5.74, 6) is 0.750. The Morgan fingerprint density at radius 3 is 2.50 bits per heavy atom. The topological polar surface area (TPSA) is 35.2 Å². The molecule has 22 heavy (non-hydrogen) atoms. The summed E-state index contributed by atoms with van der Waals surface area (Å²) in [4.78, 5) is 0. The molecule has 0 fully saturated rings. The molecule has 0 bridgehead atoms. The van der Waals surface area contributed by atoms with Gasteiger partial charge in [0.2, 0.25) is 0 Å². The van der Waals surface area contributed by atoms with E-state index in [9.17, 15) is 0 Å². The molecule has 0 aliphatic carbocycles. The maximum absolute atomic E-state index is 6.36. The van der Waals surface area contributed by atoms with Crippen molar-refractivity contribution in [2.75, 3.05) is 6.54 Å². The molecule has 118 valence electrons. The first kappa shape index (κ1) is 16.9. The predicted octanol–water partition coefficient (Wildman–Crippen LogP) is 5.15. The Labute approximate surface area is 138 Å². The minimum atomic E-state index is 0.0118. The molecule has 2 aromatic rings. The fourth-order valence-electron chi connectivity index (χ4n) is 2.45. The zero-order valence-corrected chi connectivity index (χ0v) is 13.9. The second-order valence-corrected chi connectivity index (χ2v) is 5.83. The maximum Gasteiger partial charge on any atom is 0.138 e. The van der Waals surface area contributed by atoms with Crippen molar-refractivity contribution in [3.8, 4) is 5.75 Å². The molecular weight excluding hydrogens is 294 g/mol. The van der Waals surface area contributed by atoms with Crippen molar-refractivity contribution >= 4 is 11.6 Å². The number of nitrogens with two attached hydrogens (primary N) is 1. The van der Waals surface area contributed by atoms with Crippen LogP contribution >= 0.6 is 11.6 Å². The van der Waals surface area contributed by atoms with Gasteiger partial charge in [0.1, 0.15) is 11.9 Å². The lowest BCUT2D eigenvalue weighted by atomic mass is 10.0. The summed E-state index contributed by atoms with van der Waals surface area (Å²) < 4.78 is 6.20. The van der Waals surface area contributed by atoms with Gasteiger partial charge in [-0.05, 0) is 55.5 Å². The van der Waals surface area contributed by atoms with Crippen LogP contribution in [0.5, 0.6) is 5.75 Å². The second-order valence-electron chi connectivity index (χ2n) is 5.42. The van der Waals surface area contributed by atoms with Crippen molar-refractivity contribution in [2.24, 2.45) is 5.73 Å². The summed E-state index contributed by atoms with van der Waals surface area (Å²) >= 11 is 6.36. The Morgan fingerprint density at radius 2 is 1.86 bits per heavy atom. The number of rotatable bonds is 8. The molecule has 2 rings (SSSR count). The molecule has 2 aromatic carbocycles. The standard InChI is InChI=1S/C19H24ClNO/c1-2-15-11-12-19(17(20)14-15)22-18(10-6-7-13-21)16-8-4-3-5-9-16/h3-5,8-9,11-12,14,18H,2,6-7,10,13,21H2,1H3. The van der Waals surface area contributed by atoms with Crippen LogP contribution in [0.3, 0.4) is 0 Å². The summed E-state index contributed by atoms with van der Waals surface area (Å²) in [7, 11) is 0. The van der Waals surface area contributed by atoms with E-state index in [0.29, 0.717) is 11.6 Å². The third-order valence-electron chi connectivity index (χ3n) is 3.77. The van der Waals surface area contributed by atoms with E-state index in [1.807, 2.05) is 30.3 Å². The molecule has 3 heteroatoms. The van der Waals surface area contributed by atoms with E-state index in [2.05, 4.69) is 25.1 Å². The zero-order valence-electron chi connectivity index (χ0n) is 13.1. The normalized spacial score (nSPS) is 12.1. The Balaban J connectivity index is 2.15. The van der Waals surface area contributed by atoms with Crippen LogP contribution in [0.25, 0.3) is 0 Å². The average Bonchev–Trinajstić information content (AvgIpc) is 2.56. The van der Waals surface area contributed by atoms with Gasteiger partial charge in [-0.25, -0.2) is 0 Å². The molecule has 0 aromatic heterocycles. The number of aryl methyl sites for hydroxylation is 1. The molecule has 2 N–H and O–H groups in total. The molecule has 0 aliphatic rings. The maximum atomic E-state index is 6.36. The van der Waals surface area contributed by atoms with Crippen LogP contribution in [0.2, 0.25) is 5.02 Å². The lowest BCUT2D eigenvalue weighted by Gasteiger charge is -2.20. The van der Waals surface area contributed by atoms with Gasteiger partial charge in [-0.3, -0.25) is 0 Å². The van der Waals surface area contributed by atoms with Crippen molar-refractivity contribution in [1.82, 2.24) is 0 Å². The lowest BCUT2D eigenvalue weighted by Crippen LogP contribution is -2.09. The fraction of sp³-hybridized carbons (Fsp3) is 0.368. The fourth-order valence-corrected chi connectivity index (χ4v) is 2.70. The van der Waals surface area contributed by atoms with Gasteiger partial charge in [0.15, 0.2) is 0 Å². The highest BCUT2D eigenvalue weighted by Gasteiger charge is 2.14. The molecule has 0 saturated carbocycles. The summed E-state index contributed by atoms with van der Waals surface area (Å²) in [5, 5.41) is 0.680. The van der Waals surface area contributed by atoms with Gasteiger partial charge in [0.05, 0.1) is 5.02 Å². The highest BCUT2D eigenvalue weighted by molar-refractivity contribution is 6.32. The Hall–Kier alpha value is -1.51. The third-order valence-corrected chi connectivity index (χ3v) is 4.06. The Morgan fingerprint density at radius 1 is 1.09 bits per heavy atom. The van der Waals surface area contributed by atoms with Crippen LogP contribution in [0, 0.1) is 0 Å². The van der Waals surface area contributed by atoms with E-state index in [4.69, 9.17) is 22.1 Å². The van der Waals surface area contributed by atoms with E-state index in [0.717, 1.165) is 31.4 Å². The number of ether oxygens (including phenoxy) is 1. The van der Waals surface area contributed by atoms with Gasteiger partial charge in [-0.15, -0.1) is 0 Å². The second kappa shape index (κ2) is 8.82. The molecule has 0 saturated heterocycles. The van der Waals surface area contributed by atoms with E-state index in [1.54, 1.807) is 0 Å². The molecule has 0 aliphatic heterocycles. The number of halogens is 1. The van der Waals surface area contributed by atoms with Crippen molar-refractivity contribution in [3.05, 3.63) is 64.7 Å². The van der Waals surface area contributed by atoms with Gasteiger partial charge in [0.25, 0.3) is 0 Å². The number of hydrogen-bond donors (Lipinski definition) is 1. The number of benzene rings is 2. The van der Waals surface area contributed by atoms with Crippen molar-refractivity contribution < 1.29 is 4.74 Å². The first-order chi connectivity index (χ1) is 10.7. The van der Waals surface area contributed by atoms with Crippen LogP contribution in [-0.2, 0) is 6.42 Å². The van der Waals surface area contributed by atoms with Crippen LogP contribution in [0.15, 0.2) is 48.5 Å². The van der Waals surface area contributed by atoms with Crippen LogP contribution in [0.4, 0.5) is 0 Å². The number of unbranched alkanes of at least 4 members (excludes halogenated alkanes) is 1. The van der Waals surface area contributed by atoms with Crippen molar-refractivity contribution in [3.63, 3.8) is 0 Å². The van der Waals surface area contributed by atoms with Crippen molar-refractivity contribution in [2.45, 2.75) is 38.7 Å². The van der Waals surface area contributed by atoms with E-state index >= 15 is 0 Å². The minimum absolute atomic E-state index is 0.0118. The molecule has 0 radical (unpaired) electrons. The first-order valence-corrected chi connectivity index (χ1v) is 8.32. The smallest absolute Gasteiger partial charge is 0.138 e. The largest absolute Gasteiger partial charge is 0.484 e. The Kier molecular flexibility index (Phi) is 6.75. The summed E-state index contributed by atoms with van der Waals surface area (Å²) in [6, 6.07) is 16.3. The van der Waals surface area contributed by atoms with E-state index in [-0.39, 0.29) is 6.10 Å². The quantitative estimate of drug-likeness (QED) is 0.683. The van der Waals surface area contributed by atoms with Gasteiger partial charge in [-0.2, -0.15) is 0 Å². The van der Waals surface area contributed by atoms with Crippen LogP contribution in [0.1, 0.15) is 43.4 Å². The van der Waals surface area contributed by atoms with Crippen LogP contribution < -0.4 is 10.5 Å². The number of hydrogen-bond acceptors (Lipinski definition) is 2. The zero-order chi connectivity index (χ0) is 15.8. The van der Waals surface area contributed by atoms with Gasteiger partial charge in [0, 0.05) is 0 Å². The van der Waals surface area contributed by atoms with Gasteiger partial charge in [-0.1, -0.05) is 54.9 Å². The summed E-state index contributed by atoms with van der Waals surface area (Å²) in [5.41, 5.74) is 8.00. The Bertz CT molecular complexity index is 571. The SMILES string of the molecule is CCc1ccc(OC(CCCCN)c2ccccc2)c(Cl)c1. The molecule has 0 spiro atoms. The van der Waals surface area contributed by atoms with Gasteiger partial charge < -0.3 is 10.5 Å². The van der Waals surface area contributed by atoms with E-state index < -0.39 is 0 Å². The summed E-state index contributed by atoms with van der Waals surface area (Å²) in [6.45, 7) is 2.83. The predicted molar refractivity (Wildman–Crippen MR) is 93.5 cm³/mol. The van der Waals surface area contributed by atoms with Crippen molar-refractivity contribution in [1.29, 1.82) is 0 Å². The summed E-state index contributed by atoms with van der Waals surface area (Å²) in [6.07, 6.45) is 3.97. The molecule has 1 unspecified atom stereocenters. The van der Waals surface area contributed by atoms with Gasteiger partial charge >= 0.3 is 0 Å². The molecule has 2 nitrogen and oxygen atoms in total. The average molecular weight is 318 g/mol. The minimum Gasteiger partial charge on any atom is -0.484 e. The molecular formula is C19H24ClNO. The monoisotopic (exact) mass is 317 g/mol. The van der Waals surface area contributed by atoms with Crippen LogP contribution in [-0.4, -0.2) is 6.54 Å². The third kappa shape index (κ3) is 4.75. The van der Waals surface area contributed by atoms with E-state index in [1.165, 1.54) is 11.1 Å². The molecule has 0 amide bonds. The highest BCUT2D eigenvalue weighted by atomic mass is 35.5. The molecule has 0 heterocycles.